The Balaban J connectivity index is 0.000000117. The first-order valence-corrected chi connectivity index (χ1v) is 5.51. The predicted octanol–water partition coefficient (Wildman–Crippen LogP) is 0.716. The van der Waals surface area contributed by atoms with Crippen LogP contribution in [0.5, 0.6) is 0 Å². The van der Waals surface area contributed by atoms with E-state index in [2.05, 4.69) is 34.9 Å². The van der Waals surface area contributed by atoms with Crippen LogP contribution in [0.3, 0.4) is 0 Å². The van der Waals surface area contributed by atoms with Crippen molar-refractivity contribution in [3.05, 3.63) is 37.7 Å². The van der Waals surface area contributed by atoms with Crippen molar-refractivity contribution in [2.75, 3.05) is 0 Å². The molecule has 1 N–H and O–H groups in total. The summed E-state index contributed by atoms with van der Waals surface area (Å²) in [6, 6.07) is 0. The Morgan fingerprint density at radius 1 is 1.00 bits per heavy atom. The summed E-state index contributed by atoms with van der Waals surface area (Å²) in [6.45, 7) is 0. The zero-order valence-corrected chi connectivity index (χ0v) is 10.1. The highest BCUT2D eigenvalue weighted by atomic mass is 15.1. The number of nitrogens with zero attached hydrogens (tertiary/aromatic N) is 7. The number of imidazole rings is 2. The molecule has 0 unspecified atom stereocenters. The van der Waals surface area contributed by atoms with Gasteiger partial charge in [0, 0.05) is 7.05 Å². The minimum Gasteiger partial charge on any atom is -0.342 e. The number of hydrogen-bond acceptors (Lipinski definition) is 6. The lowest BCUT2D eigenvalue weighted by Gasteiger charge is -1.88. The summed E-state index contributed by atoms with van der Waals surface area (Å²) >= 11 is 0. The van der Waals surface area contributed by atoms with Crippen LogP contribution in [0.4, 0.5) is 0 Å². The van der Waals surface area contributed by atoms with Gasteiger partial charge in [-0.2, -0.15) is 0 Å². The Hall–Kier alpha value is -2.90. The number of nitrogens with one attached hydrogen (secondary N) is 1. The van der Waals surface area contributed by atoms with Crippen molar-refractivity contribution in [3.8, 4) is 0 Å². The normalized spacial score (nSPS) is 10.4. The van der Waals surface area contributed by atoms with Crippen LogP contribution in [0.15, 0.2) is 37.7 Å². The van der Waals surface area contributed by atoms with Gasteiger partial charge in [0.05, 0.1) is 25.0 Å². The third-order valence-electron chi connectivity index (χ3n) is 2.47. The standard InChI is InChI=1S/C6H6N4.C5H4N4/c1-10-4-9-5-2-7-3-8-6(5)10;1-4-5(8-2-6-1)9-3-7-4/h2-4H,1H3;1-3H,(H,6,7,8,9). The third-order valence-corrected chi connectivity index (χ3v) is 2.47. The monoisotopic (exact) mass is 254 g/mol. The van der Waals surface area contributed by atoms with Crippen molar-refractivity contribution in [1.29, 1.82) is 0 Å². The molecular formula is C11H10N8. The number of hydrogen-bond donors (Lipinski definition) is 1. The Morgan fingerprint density at radius 2 is 1.84 bits per heavy atom. The fourth-order valence-corrected chi connectivity index (χ4v) is 1.57. The van der Waals surface area contributed by atoms with E-state index in [-0.39, 0.29) is 0 Å². The second-order valence-corrected chi connectivity index (χ2v) is 3.75. The minimum atomic E-state index is 0.713. The van der Waals surface area contributed by atoms with E-state index in [9.17, 15) is 0 Å². The van der Waals surface area contributed by atoms with Gasteiger partial charge in [-0.15, -0.1) is 0 Å². The summed E-state index contributed by atoms with van der Waals surface area (Å²) in [5.74, 6) is 0. The number of fused-ring (bicyclic) bond motifs is 2. The lowest BCUT2D eigenvalue weighted by Crippen LogP contribution is -1.86. The van der Waals surface area contributed by atoms with Crippen LogP contribution in [0, 0.1) is 0 Å². The number of rotatable bonds is 0. The number of aromatic amines is 1. The maximum absolute atomic E-state index is 4.06. The maximum atomic E-state index is 4.06. The first-order valence-electron chi connectivity index (χ1n) is 5.51. The molecule has 0 saturated carbocycles. The molecule has 19 heavy (non-hydrogen) atoms. The molecule has 0 bridgehead atoms. The third kappa shape index (κ3) is 2.23. The molecule has 8 nitrogen and oxygen atoms in total. The lowest BCUT2D eigenvalue weighted by atomic mass is 10.6. The van der Waals surface area contributed by atoms with Gasteiger partial charge in [0.15, 0.2) is 11.3 Å². The van der Waals surface area contributed by atoms with Gasteiger partial charge in [-0.05, 0) is 0 Å². The minimum absolute atomic E-state index is 0.713. The number of aryl methyl sites for hydroxylation is 1. The van der Waals surface area contributed by atoms with Crippen molar-refractivity contribution in [1.82, 2.24) is 39.5 Å². The Kier molecular flexibility index (Phi) is 2.81. The van der Waals surface area contributed by atoms with Crippen LogP contribution in [0.2, 0.25) is 0 Å². The van der Waals surface area contributed by atoms with Crippen molar-refractivity contribution in [2.45, 2.75) is 0 Å². The maximum Gasteiger partial charge on any atom is 0.180 e. The van der Waals surface area contributed by atoms with Crippen molar-refractivity contribution in [2.24, 2.45) is 7.05 Å². The van der Waals surface area contributed by atoms with E-state index < -0.39 is 0 Å². The molecule has 4 rings (SSSR count). The van der Waals surface area contributed by atoms with Gasteiger partial charge in [0.2, 0.25) is 0 Å². The first kappa shape index (κ1) is 11.2. The first-order chi connectivity index (χ1) is 9.34. The molecule has 4 aromatic rings. The lowest BCUT2D eigenvalue weighted by molar-refractivity contribution is 0.928. The van der Waals surface area contributed by atoms with Gasteiger partial charge in [-0.1, -0.05) is 0 Å². The van der Waals surface area contributed by atoms with E-state index in [1.54, 1.807) is 25.0 Å². The van der Waals surface area contributed by atoms with E-state index in [4.69, 9.17) is 0 Å². The number of H-pyrrole nitrogens is 1. The fourth-order valence-electron chi connectivity index (χ4n) is 1.57. The van der Waals surface area contributed by atoms with Crippen LogP contribution in [-0.4, -0.2) is 39.5 Å². The molecule has 0 aliphatic rings. The van der Waals surface area contributed by atoms with Crippen LogP contribution in [-0.2, 0) is 7.05 Å². The second kappa shape index (κ2) is 4.77. The average Bonchev–Trinajstić information content (AvgIpc) is 3.07. The molecule has 0 spiro atoms. The Bertz CT molecular complexity index is 772. The molecule has 0 aromatic carbocycles. The summed E-state index contributed by atoms with van der Waals surface area (Å²) in [7, 11) is 1.91. The summed E-state index contributed by atoms with van der Waals surface area (Å²) < 4.78 is 1.86. The Morgan fingerprint density at radius 3 is 2.68 bits per heavy atom. The molecule has 0 saturated heterocycles. The molecule has 0 fully saturated rings. The smallest absolute Gasteiger partial charge is 0.180 e. The fraction of sp³-hybridized carbons (Fsp3) is 0.0909. The molecule has 0 aliphatic heterocycles. The van der Waals surface area contributed by atoms with E-state index in [1.807, 2.05) is 11.6 Å². The zero-order valence-electron chi connectivity index (χ0n) is 10.1. The van der Waals surface area contributed by atoms with Crippen molar-refractivity contribution in [3.63, 3.8) is 0 Å². The summed E-state index contributed by atoms with van der Waals surface area (Å²) in [6.07, 6.45) is 9.70. The highest BCUT2D eigenvalue weighted by Gasteiger charge is 1.96. The summed E-state index contributed by atoms with van der Waals surface area (Å²) in [5.41, 5.74) is 3.29. The average molecular weight is 254 g/mol. The molecule has 0 atom stereocenters. The highest BCUT2D eigenvalue weighted by molar-refractivity contribution is 5.68. The van der Waals surface area contributed by atoms with Crippen LogP contribution >= 0.6 is 0 Å². The molecule has 4 aromatic heterocycles. The molecule has 94 valence electrons. The highest BCUT2D eigenvalue weighted by Crippen LogP contribution is 2.03. The Labute approximate surface area is 107 Å². The van der Waals surface area contributed by atoms with Gasteiger partial charge in [0.25, 0.3) is 0 Å². The molecule has 4 heterocycles. The quantitative estimate of drug-likeness (QED) is 0.496. The second-order valence-electron chi connectivity index (χ2n) is 3.75. The van der Waals surface area contributed by atoms with Crippen LogP contribution in [0.1, 0.15) is 0 Å². The van der Waals surface area contributed by atoms with Crippen molar-refractivity contribution < 1.29 is 0 Å². The summed E-state index contributed by atoms with van der Waals surface area (Å²) in [5, 5.41) is 0. The van der Waals surface area contributed by atoms with Gasteiger partial charge in [-0.25, -0.2) is 29.9 Å². The van der Waals surface area contributed by atoms with E-state index in [0.29, 0.717) is 5.65 Å². The molecule has 8 heteroatoms. The van der Waals surface area contributed by atoms with Gasteiger partial charge >= 0.3 is 0 Å². The van der Waals surface area contributed by atoms with Gasteiger partial charge in [0.1, 0.15) is 23.7 Å². The van der Waals surface area contributed by atoms with Crippen LogP contribution < -0.4 is 0 Å². The largest absolute Gasteiger partial charge is 0.342 e. The SMILES string of the molecule is Cn1cnc2cncnc21.c1ncc2[nH]cnc2n1. The molecule has 0 aliphatic carbocycles. The molecule has 0 radical (unpaired) electrons. The van der Waals surface area contributed by atoms with Crippen molar-refractivity contribution >= 4 is 22.3 Å². The predicted molar refractivity (Wildman–Crippen MR) is 68.0 cm³/mol. The topological polar surface area (TPSA) is 98.1 Å². The molecule has 0 amide bonds. The zero-order chi connectivity index (χ0) is 13.1. The van der Waals surface area contributed by atoms with Gasteiger partial charge < -0.3 is 9.55 Å². The van der Waals surface area contributed by atoms with E-state index in [0.717, 1.165) is 16.7 Å². The summed E-state index contributed by atoms with van der Waals surface area (Å²) in [4.78, 5) is 26.4. The van der Waals surface area contributed by atoms with Crippen LogP contribution in [0.25, 0.3) is 22.3 Å². The molecular weight excluding hydrogens is 244 g/mol. The van der Waals surface area contributed by atoms with E-state index >= 15 is 0 Å². The van der Waals surface area contributed by atoms with Gasteiger partial charge in [-0.3, -0.25) is 0 Å². The number of aromatic nitrogens is 8. The van der Waals surface area contributed by atoms with E-state index in [1.165, 1.54) is 12.7 Å².